The van der Waals surface area contributed by atoms with Gasteiger partial charge in [0.25, 0.3) is 0 Å². The molecule has 0 saturated heterocycles. The van der Waals surface area contributed by atoms with Crippen LogP contribution in [0.25, 0.3) is 0 Å². The van der Waals surface area contributed by atoms with Gasteiger partial charge in [0.1, 0.15) is 0 Å². The number of hydrogen-bond acceptors (Lipinski definition) is 2. The van der Waals surface area contributed by atoms with Crippen molar-refractivity contribution in [1.29, 1.82) is 0 Å². The Morgan fingerprint density at radius 1 is 1.23 bits per heavy atom. The third-order valence-corrected chi connectivity index (χ3v) is 2.98. The minimum Gasteiger partial charge on any atom is -0.475 e. The highest BCUT2D eigenvalue weighted by atomic mass is 16.4. The number of aliphatic carboxylic acids is 1. The Hall–Kier alpha value is -0.860. The van der Waals surface area contributed by atoms with Gasteiger partial charge in [-0.05, 0) is 18.8 Å². The predicted octanol–water partition coefficient (Wildman–Crippen LogP) is 1.86. The second kappa shape index (κ2) is 4.40. The lowest BCUT2D eigenvalue weighted by molar-refractivity contribution is -0.151. The van der Waals surface area contributed by atoms with E-state index in [1.807, 2.05) is 0 Å². The number of hydrogen-bond donors (Lipinski definition) is 1. The Labute approximate surface area is 78.1 Å². The molecule has 3 heteroatoms. The first-order valence-electron chi connectivity index (χ1n) is 4.90. The van der Waals surface area contributed by atoms with Crippen molar-refractivity contribution in [3.8, 4) is 0 Å². The van der Waals surface area contributed by atoms with Crippen LogP contribution in [0.3, 0.4) is 0 Å². The molecule has 0 aromatic carbocycles. The molecule has 74 valence electrons. The van der Waals surface area contributed by atoms with Crippen molar-refractivity contribution in [3.63, 3.8) is 0 Å². The molecule has 0 radical (unpaired) electrons. The van der Waals surface area contributed by atoms with E-state index in [1.165, 1.54) is 6.42 Å². The lowest BCUT2D eigenvalue weighted by Gasteiger charge is -2.25. The molecule has 1 aliphatic carbocycles. The summed E-state index contributed by atoms with van der Waals surface area (Å²) >= 11 is 0. The van der Waals surface area contributed by atoms with Gasteiger partial charge < -0.3 is 5.11 Å². The summed E-state index contributed by atoms with van der Waals surface area (Å²) in [6.45, 7) is 1.74. The summed E-state index contributed by atoms with van der Waals surface area (Å²) in [5, 5.41) is 8.53. The molecule has 1 saturated carbocycles. The Kier molecular flexibility index (Phi) is 3.46. The highest BCUT2D eigenvalue weighted by Crippen LogP contribution is 2.30. The van der Waals surface area contributed by atoms with E-state index >= 15 is 0 Å². The first-order valence-corrected chi connectivity index (χ1v) is 4.90. The summed E-state index contributed by atoms with van der Waals surface area (Å²) in [5.41, 5.74) is 0. The van der Waals surface area contributed by atoms with Crippen LogP contribution in [0.4, 0.5) is 0 Å². The fourth-order valence-electron chi connectivity index (χ4n) is 2.04. The molecule has 1 aliphatic rings. The van der Waals surface area contributed by atoms with E-state index in [2.05, 4.69) is 0 Å². The zero-order chi connectivity index (χ0) is 9.84. The molecule has 0 spiro atoms. The zero-order valence-electron chi connectivity index (χ0n) is 7.95. The van der Waals surface area contributed by atoms with Crippen LogP contribution in [0.1, 0.15) is 39.0 Å². The number of Topliss-reactive ketones (excluding diaryl/α,β-unsaturated/α-hetero) is 1. The molecule has 1 atom stereocenters. The predicted molar refractivity (Wildman–Crippen MR) is 48.4 cm³/mol. The minimum atomic E-state index is -1.28. The molecule has 1 unspecified atom stereocenters. The highest BCUT2D eigenvalue weighted by molar-refractivity contribution is 6.33. The van der Waals surface area contributed by atoms with Crippen LogP contribution in [0.5, 0.6) is 0 Å². The Bertz CT molecular complexity index is 204. The van der Waals surface area contributed by atoms with E-state index in [1.54, 1.807) is 6.92 Å². The molecular weight excluding hydrogens is 168 g/mol. The molecule has 0 aromatic rings. The van der Waals surface area contributed by atoms with E-state index in [9.17, 15) is 9.59 Å². The Morgan fingerprint density at radius 3 is 2.23 bits per heavy atom. The van der Waals surface area contributed by atoms with Crippen molar-refractivity contribution in [2.24, 2.45) is 11.8 Å². The molecule has 1 fully saturated rings. The minimum absolute atomic E-state index is 0.294. The molecule has 1 rings (SSSR count). The summed E-state index contributed by atoms with van der Waals surface area (Å²) < 4.78 is 0. The van der Waals surface area contributed by atoms with Crippen molar-refractivity contribution in [2.45, 2.75) is 39.0 Å². The van der Waals surface area contributed by atoms with Crippen LogP contribution in [-0.2, 0) is 9.59 Å². The van der Waals surface area contributed by atoms with Gasteiger partial charge in [0, 0.05) is 5.92 Å². The van der Waals surface area contributed by atoms with Crippen LogP contribution < -0.4 is 0 Å². The molecule has 1 N–H and O–H groups in total. The summed E-state index contributed by atoms with van der Waals surface area (Å²) in [6, 6.07) is 0. The number of carboxylic acids is 1. The van der Waals surface area contributed by atoms with Gasteiger partial charge >= 0.3 is 5.97 Å². The van der Waals surface area contributed by atoms with Crippen molar-refractivity contribution in [3.05, 3.63) is 0 Å². The molecule has 0 bridgehead atoms. The summed E-state index contributed by atoms with van der Waals surface area (Å²) in [6.07, 6.45) is 5.54. The first kappa shape index (κ1) is 10.2. The number of carbonyl (C=O) groups is 2. The van der Waals surface area contributed by atoms with E-state index < -0.39 is 11.8 Å². The Morgan fingerprint density at radius 2 is 1.77 bits per heavy atom. The quantitative estimate of drug-likeness (QED) is 0.681. The topological polar surface area (TPSA) is 54.4 Å². The summed E-state index contributed by atoms with van der Waals surface area (Å²) in [4.78, 5) is 21.6. The van der Waals surface area contributed by atoms with Crippen LogP contribution in [0.15, 0.2) is 0 Å². The third kappa shape index (κ3) is 2.54. The SMILES string of the molecule is CC(C(=O)C(=O)O)C1CCCCC1. The standard InChI is InChI=1S/C10H16O3/c1-7(9(11)10(12)13)8-5-3-2-4-6-8/h7-8H,2-6H2,1H3,(H,12,13). The van der Waals surface area contributed by atoms with E-state index in [0.717, 1.165) is 25.7 Å². The monoisotopic (exact) mass is 184 g/mol. The van der Waals surface area contributed by atoms with Crippen molar-refractivity contribution in [1.82, 2.24) is 0 Å². The zero-order valence-corrected chi connectivity index (χ0v) is 7.95. The van der Waals surface area contributed by atoms with Gasteiger partial charge in [-0.15, -0.1) is 0 Å². The smallest absolute Gasteiger partial charge is 0.372 e. The van der Waals surface area contributed by atoms with Gasteiger partial charge in [-0.25, -0.2) is 4.79 Å². The largest absolute Gasteiger partial charge is 0.475 e. The van der Waals surface area contributed by atoms with Crippen LogP contribution in [0.2, 0.25) is 0 Å². The summed E-state index contributed by atoms with van der Waals surface area (Å²) in [7, 11) is 0. The van der Waals surface area contributed by atoms with E-state index in [0.29, 0.717) is 5.92 Å². The van der Waals surface area contributed by atoms with E-state index in [4.69, 9.17) is 5.11 Å². The lowest BCUT2D eigenvalue weighted by Crippen LogP contribution is -2.28. The van der Waals surface area contributed by atoms with Gasteiger partial charge in [0.05, 0.1) is 0 Å². The first-order chi connectivity index (χ1) is 6.13. The van der Waals surface area contributed by atoms with Gasteiger partial charge in [-0.3, -0.25) is 4.79 Å². The molecule has 0 aliphatic heterocycles. The van der Waals surface area contributed by atoms with Gasteiger partial charge in [-0.1, -0.05) is 26.2 Å². The average molecular weight is 184 g/mol. The summed E-state index contributed by atoms with van der Waals surface area (Å²) in [5.74, 6) is -1.89. The second-order valence-electron chi connectivity index (χ2n) is 3.86. The molecule has 0 heterocycles. The van der Waals surface area contributed by atoms with Gasteiger partial charge in [0.2, 0.25) is 5.78 Å². The fourth-order valence-corrected chi connectivity index (χ4v) is 2.04. The van der Waals surface area contributed by atoms with Gasteiger partial charge in [-0.2, -0.15) is 0 Å². The fraction of sp³-hybridized carbons (Fsp3) is 0.800. The van der Waals surface area contributed by atoms with Crippen LogP contribution >= 0.6 is 0 Å². The maximum absolute atomic E-state index is 11.1. The van der Waals surface area contributed by atoms with Crippen molar-refractivity contribution in [2.75, 3.05) is 0 Å². The van der Waals surface area contributed by atoms with Crippen LogP contribution in [-0.4, -0.2) is 16.9 Å². The van der Waals surface area contributed by atoms with E-state index in [-0.39, 0.29) is 5.92 Å². The maximum Gasteiger partial charge on any atom is 0.372 e. The van der Waals surface area contributed by atoms with Crippen LogP contribution in [0, 0.1) is 11.8 Å². The maximum atomic E-state index is 11.1. The molecule has 3 nitrogen and oxygen atoms in total. The number of carboxylic acid groups (broad SMARTS) is 1. The molecular formula is C10H16O3. The number of ketones is 1. The van der Waals surface area contributed by atoms with Crippen molar-refractivity contribution >= 4 is 11.8 Å². The molecule has 0 aromatic heterocycles. The average Bonchev–Trinajstić information content (AvgIpc) is 2.17. The van der Waals surface area contributed by atoms with Gasteiger partial charge in [0.15, 0.2) is 0 Å². The molecule has 13 heavy (non-hydrogen) atoms. The normalized spacial score (nSPS) is 21.0. The lowest BCUT2D eigenvalue weighted by atomic mass is 9.79. The van der Waals surface area contributed by atoms with Crippen molar-refractivity contribution < 1.29 is 14.7 Å². The Balaban J connectivity index is 2.49. The molecule has 0 amide bonds. The highest BCUT2D eigenvalue weighted by Gasteiger charge is 2.29. The number of rotatable bonds is 3. The number of carbonyl (C=O) groups excluding carboxylic acids is 1. The second-order valence-corrected chi connectivity index (χ2v) is 3.86. The third-order valence-electron chi connectivity index (χ3n) is 2.98.